The lowest BCUT2D eigenvalue weighted by molar-refractivity contribution is -0.143. The number of esters is 1. The molecular formula is C16H22N2O4. The Bertz CT molecular complexity index is 529. The van der Waals surface area contributed by atoms with Crippen molar-refractivity contribution in [2.24, 2.45) is 0 Å². The molecule has 0 aliphatic rings. The van der Waals surface area contributed by atoms with Crippen molar-refractivity contribution in [3.05, 3.63) is 35.4 Å². The quantitative estimate of drug-likeness (QED) is 0.558. The molecule has 2 N–H and O–H groups in total. The first-order chi connectivity index (χ1) is 10.5. The molecule has 0 fully saturated rings. The molecule has 22 heavy (non-hydrogen) atoms. The van der Waals surface area contributed by atoms with E-state index in [0.29, 0.717) is 25.1 Å². The van der Waals surface area contributed by atoms with Crippen LogP contribution >= 0.6 is 0 Å². The Labute approximate surface area is 130 Å². The molecule has 1 rings (SSSR count). The van der Waals surface area contributed by atoms with Crippen LogP contribution in [0.5, 0.6) is 0 Å². The van der Waals surface area contributed by atoms with E-state index >= 15 is 0 Å². The second-order valence-electron chi connectivity index (χ2n) is 4.76. The molecule has 6 heteroatoms. The molecular weight excluding hydrogens is 284 g/mol. The number of aryl methyl sites for hydroxylation is 1. The third kappa shape index (κ3) is 6.39. The van der Waals surface area contributed by atoms with Crippen molar-refractivity contribution in [3.63, 3.8) is 0 Å². The molecule has 6 nitrogen and oxygen atoms in total. The van der Waals surface area contributed by atoms with Gasteiger partial charge in [0.15, 0.2) is 0 Å². The third-order valence-electron chi connectivity index (χ3n) is 2.98. The fourth-order valence-electron chi connectivity index (χ4n) is 1.84. The normalized spacial score (nSPS) is 9.91. The second kappa shape index (κ2) is 9.55. The van der Waals surface area contributed by atoms with Crippen molar-refractivity contribution in [1.29, 1.82) is 0 Å². The third-order valence-corrected chi connectivity index (χ3v) is 2.98. The van der Waals surface area contributed by atoms with Gasteiger partial charge in [-0.3, -0.25) is 14.4 Å². The topological polar surface area (TPSA) is 84.5 Å². The van der Waals surface area contributed by atoms with Crippen LogP contribution in [-0.2, 0) is 14.3 Å². The number of hydrogen-bond acceptors (Lipinski definition) is 4. The van der Waals surface area contributed by atoms with Gasteiger partial charge >= 0.3 is 5.97 Å². The molecule has 0 heterocycles. The standard InChI is InChI=1S/C16H22N2O4/c1-3-22-15(20)9-6-10-17-14(19)11-18-16(21)13-8-5-4-7-12(13)2/h4-5,7-8H,3,6,9-11H2,1-2H3,(H,17,19)(H,18,21). The fraction of sp³-hybridized carbons (Fsp3) is 0.438. The van der Waals surface area contributed by atoms with Gasteiger partial charge in [0.05, 0.1) is 13.2 Å². The number of carbonyl (C=O) groups excluding carboxylic acids is 3. The number of hydrogen-bond donors (Lipinski definition) is 2. The number of rotatable bonds is 8. The van der Waals surface area contributed by atoms with Gasteiger partial charge < -0.3 is 15.4 Å². The highest BCUT2D eigenvalue weighted by Gasteiger charge is 2.09. The first-order valence-corrected chi connectivity index (χ1v) is 7.30. The molecule has 0 aliphatic carbocycles. The highest BCUT2D eigenvalue weighted by atomic mass is 16.5. The highest BCUT2D eigenvalue weighted by molar-refractivity contribution is 5.97. The van der Waals surface area contributed by atoms with Crippen molar-refractivity contribution in [2.75, 3.05) is 19.7 Å². The average molecular weight is 306 g/mol. The summed E-state index contributed by atoms with van der Waals surface area (Å²) in [6.45, 7) is 4.22. The number of benzene rings is 1. The summed E-state index contributed by atoms with van der Waals surface area (Å²) in [4.78, 5) is 34.6. The van der Waals surface area contributed by atoms with E-state index in [1.54, 1.807) is 19.1 Å². The van der Waals surface area contributed by atoms with Crippen LogP contribution in [0.15, 0.2) is 24.3 Å². The van der Waals surface area contributed by atoms with Crippen LogP contribution in [0.25, 0.3) is 0 Å². The van der Waals surface area contributed by atoms with Crippen LogP contribution in [0.3, 0.4) is 0 Å². The predicted molar refractivity (Wildman–Crippen MR) is 82.4 cm³/mol. The fourth-order valence-corrected chi connectivity index (χ4v) is 1.84. The van der Waals surface area contributed by atoms with Crippen LogP contribution in [0.1, 0.15) is 35.7 Å². The Kier molecular flexibility index (Phi) is 7.67. The molecule has 0 aromatic heterocycles. The molecule has 0 unspecified atom stereocenters. The van der Waals surface area contributed by atoms with E-state index in [0.717, 1.165) is 5.56 Å². The summed E-state index contributed by atoms with van der Waals surface area (Å²) >= 11 is 0. The number of amides is 2. The molecule has 0 spiro atoms. The molecule has 0 aliphatic heterocycles. The molecule has 1 aromatic carbocycles. The average Bonchev–Trinajstić information content (AvgIpc) is 2.50. The van der Waals surface area contributed by atoms with Crippen molar-refractivity contribution in [1.82, 2.24) is 10.6 Å². The smallest absolute Gasteiger partial charge is 0.305 e. The van der Waals surface area contributed by atoms with E-state index in [9.17, 15) is 14.4 Å². The van der Waals surface area contributed by atoms with Gasteiger partial charge in [-0.05, 0) is 31.9 Å². The predicted octanol–water partition coefficient (Wildman–Crippen LogP) is 1.18. The molecule has 1 aromatic rings. The Morgan fingerprint density at radius 3 is 2.55 bits per heavy atom. The van der Waals surface area contributed by atoms with E-state index in [-0.39, 0.29) is 30.7 Å². The molecule has 2 amide bonds. The summed E-state index contributed by atoms with van der Waals surface area (Å²) in [5, 5.41) is 5.21. The van der Waals surface area contributed by atoms with Crippen molar-refractivity contribution in [2.45, 2.75) is 26.7 Å². The summed E-state index contributed by atoms with van der Waals surface area (Å²) in [6, 6.07) is 7.17. The van der Waals surface area contributed by atoms with E-state index < -0.39 is 0 Å². The molecule has 0 saturated heterocycles. The lowest BCUT2D eigenvalue weighted by Gasteiger charge is -2.08. The first-order valence-electron chi connectivity index (χ1n) is 7.30. The minimum atomic E-state index is -0.286. The van der Waals surface area contributed by atoms with Crippen LogP contribution < -0.4 is 10.6 Å². The molecule has 0 atom stereocenters. The first kappa shape index (κ1) is 17.7. The lowest BCUT2D eigenvalue weighted by atomic mass is 10.1. The summed E-state index contributed by atoms with van der Waals surface area (Å²) in [5.41, 5.74) is 1.41. The van der Waals surface area contributed by atoms with E-state index in [2.05, 4.69) is 10.6 Å². The van der Waals surface area contributed by atoms with Crippen LogP contribution in [0, 0.1) is 6.92 Å². The molecule has 0 radical (unpaired) electrons. The summed E-state index contributed by atoms with van der Waals surface area (Å²) < 4.78 is 4.78. The van der Waals surface area contributed by atoms with Crippen molar-refractivity contribution in [3.8, 4) is 0 Å². The Hall–Kier alpha value is -2.37. The van der Waals surface area contributed by atoms with Gasteiger partial charge in [0.25, 0.3) is 5.91 Å². The zero-order chi connectivity index (χ0) is 16.4. The van der Waals surface area contributed by atoms with Crippen molar-refractivity contribution >= 4 is 17.8 Å². The largest absolute Gasteiger partial charge is 0.466 e. The minimum Gasteiger partial charge on any atom is -0.466 e. The van der Waals surface area contributed by atoms with Gasteiger partial charge in [0.2, 0.25) is 5.91 Å². The Balaban J connectivity index is 2.22. The minimum absolute atomic E-state index is 0.0907. The zero-order valence-electron chi connectivity index (χ0n) is 13.0. The van der Waals surface area contributed by atoms with Gasteiger partial charge in [-0.2, -0.15) is 0 Å². The van der Waals surface area contributed by atoms with E-state index in [1.807, 2.05) is 19.1 Å². The van der Waals surface area contributed by atoms with Crippen LogP contribution in [0.4, 0.5) is 0 Å². The maximum absolute atomic E-state index is 11.9. The Morgan fingerprint density at radius 2 is 1.86 bits per heavy atom. The molecule has 120 valence electrons. The summed E-state index contributed by atoms with van der Waals surface area (Å²) in [6.07, 6.45) is 0.778. The van der Waals surface area contributed by atoms with Gasteiger partial charge in [-0.15, -0.1) is 0 Å². The maximum Gasteiger partial charge on any atom is 0.305 e. The zero-order valence-corrected chi connectivity index (χ0v) is 13.0. The number of carbonyl (C=O) groups is 3. The van der Waals surface area contributed by atoms with E-state index in [1.165, 1.54) is 0 Å². The number of ether oxygens (including phenoxy) is 1. The Morgan fingerprint density at radius 1 is 1.14 bits per heavy atom. The SMILES string of the molecule is CCOC(=O)CCCNC(=O)CNC(=O)c1ccccc1C. The highest BCUT2D eigenvalue weighted by Crippen LogP contribution is 2.05. The van der Waals surface area contributed by atoms with Crippen LogP contribution in [-0.4, -0.2) is 37.5 Å². The molecule has 0 saturated carbocycles. The molecule has 0 bridgehead atoms. The monoisotopic (exact) mass is 306 g/mol. The lowest BCUT2D eigenvalue weighted by Crippen LogP contribution is -2.37. The second-order valence-corrected chi connectivity index (χ2v) is 4.76. The summed E-state index contributed by atoms with van der Waals surface area (Å²) in [7, 11) is 0. The van der Waals surface area contributed by atoms with Crippen molar-refractivity contribution < 1.29 is 19.1 Å². The van der Waals surface area contributed by atoms with E-state index in [4.69, 9.17) is 4.74 Å². The van der Waals surface area contributed by atoms with Gasteiger partial charge in [-0.1, -0.05) is 18.2 Å². The van der Waals surface area contributed by atoms with Crippen LogP contribution in [0.2, 0.25) is 0 Å². The van der Waals surface area contributed by atoms with Gasteiger partial charge in [0.1, 0.15) is 0 Å². The maximum atomic E-state index is 11.9. The van der Waals surface area contributed by atoms with Gasteiger partial charge in [-0.25, -0.2) is 0 Å². The summed E-state index contributed by atoms with van der Waals surface area (Å²) in [5.74, 6) is -0.838. The number of nitrogens with one attached hydrogen (secondary N) is 2. The van der Waals surface area contributed by atoms with Gasteiger partial charge in [0, 0.05) is 18.5 Å².